The van der Waals surface area contributed by atoms with Crippen molar-refractivity contribution in [3.8, 4) is 5.75 Å². The third-order valence-corrected chi connectivity index (χ3v) is 4.42. The second-order valence-electron chi connectivity index (χ2n) is 4.86. The second-order valence-corrected chi connectivity index (χ2v) is 6.18. The lowest BCUT2D eigenvalue weighted by Gasteiger charge is -2.18. The standard InChI is InChI=1S/C16H21NOS/c1-10-8-13(9-11(2)16(10)18-5)15(17-4)14-7-6-12(3)19-14/h6-9,15,17H,1-5H3. The van der Waals surface area contributed by atoms with Gasteiger partial charge in [-0.25, -0.2) is 0 Å². The molecule has 0 bridgehead atoms. The molecule has 19 heavy (non-hydrogen) atoms. The van der Waals surface area contributed by atoms with Crippen molar-refractivity contribution in [2.75, 3.05) is 14.2 Å². The van der Waals surface area contributed by atoms with E-state index in [0.717, 1.165) is 5.75 Å². The van der Waals surface area contributed by atoms with Crippen molar-refractivity contribution in [1.82, 2.24) is 5.32 Å². The van der Waals surface area contributed by atoms with Crippen LogP contribution < -0.4 is 10.1 Å². The third kappa shape index (κ3) is 2.82. The number of thiophene rings is 1. The minimum Gasteiger partial charge on any atom is -0.496 e. The molecule has 1 aromatic heterocycles. The van der Waals surface area contributed by atoms with E-state index >= 15 is 0 Å². The molecule has 0 aliphatic heterocycles. The van der Waals surface area contributed by atoms with Gasteiger partial charge in [-0.3, -0.25) is 0 Å². The first-order valence-electron chi connectivity index (χ1n) is 6.45. The highest BCUT2D eigenvalue weighted by Gasteiger charge is 2.16. The first-order chi connectivity index (χ1) is 9.06. The van der Waals surface area contributed by atoms with Crippen molar-refractivity contribution in [3.05, 3.63) is 50.7 Å². The highest BCUT2D eigenvalue weighted by atomic mass is 32.1. The molecule has 2 rings (SSSR count). The summed E-state index contributed by atoms with van der Waals surface area (Å²) in [6, 6.07) is 9.05. The van der Waals surface area contributed by atoms with Crippen molar-refractivity contribution in [2.24, 2.45) is 0 Å². The van der Waals surface area contributed by atoms with Gasteiger partial charge in [-0.1, -0.05) is 12.1 Å². The summed E-state index contributed by atoms with van der Waals surface area (Å²) in [6.07, 6.45) is 0. The molecule has 0 radical (unpaired) electrons. The molecule has 1 unspecified atom stereocenters. The predicted molar refractivity (Wildman–Crippen MR) is 82.4 cm³/mol. The van der Waals surface area contributed by atoms with Crippen LogP contribution in [0.1, 0.15) is 32.5 Å². The maximum atomic E-state index is 5.44. The molecule has 102 valence electrons. The van der Waals surface area contributed by atoms with E-state index in [1.807, 2.05) is 18.4 Å². The third-order valence-electron chi connectivity index (χ3n) is 3.35. The number of methoxy groups -OCH3 is 1. The smallest absolute Gasteiger partial charge is 0.124 e. The Balaban J connectivity index is 2.44. The van der Waals surface area contributed by atoms with Crippen LogP contribution in [0.2, 0.25) is 0 Å². The number of nitrogens with one attached hydrogen (secondary N) is 1. The van der Waals surface area contributed by atoms with Gasteiger partial charge in [-0.2, -0.15) is 0 Å². The zero-order chi connectivity index (χ0) is 14.0. The Hall–Kier alpha value is -1.32. The van der Waals surface area contributed by atoms with Gasteiger partial charge in [-0.15, -0.1) is 11.3 Å². The Bertz CT molecular complexity index is 551. The van der Waals surface area contributed by atoms with Gasteiger partial charge in [-0.05, 0) is 56.6 Å². The zero-order valence-corrected chi connectivity index (χ0v) is 13.0. The van der Waals surface area contributed by atoms with E-state index in [0.29, 0.717) is 0 Å². The van der Waals surface area contributed by atoms with Crippen molar-refractivity contribution >= 4 is 11.3 Å². The second kappa shape index (κ2) is 5.76. The summed E-state index contributed by atoms with van der Waals surface area (Å²) in [5, 5.41) is 3.41. The number of aryl methyl sites for hydroxylation is 3. The number of benzene rings is 1. The average molecular weight is 275 g/mol. The Morgan fingerprint density at radius 1 is 1.11 bits per heavy atom. The summed E-state index contributed by atoms with van der Waals surface area (Å²) < 4.78 is 5.44. The van der Waals surface area contributed by atoms with Crippen LogP contribution in [-0.2, 0) is 0 Å². The van der Waals surface area contributed by atoms with E-state index < -0.39 is 0 Å². The van der Waals surface area contributed by atoms with Crippen molar-refractivity contribution in [2.45, 2.75) is 26.8 Å². The van der Waals surface area contributed by atoms with Crippen molar-refractivity contribution in [3.63, 3.8) is 0 Å². The molecule has 1 heterocycles. The van der Waals surface area contributed by atoms with E-state index in [9.17, 15) is 0 Å². The van der Waals surface area contributed by atoms with Crippen LogP contribution in [0.25, 0.3) is 0 Å². The van der Waals surface area contributed by atoms with Gasteiger partial charge in [0.25, 0.3) is 0 Å². The van der Waals surface area contributed by atoms with Crippen LogP contribution in [0.4, 0.5) is 0 Å². The van der Waals surface area contributed by atoms with Gasteiger partial charge in [0.1, 0.15) is 5.75 Å². The van der Waals surface area contributed by atoms with Crippen LogP contribution in [0.15, 0.2) is 24.3 Å². The number of ether oxygens (including phenoxy) is 1. The minimum atomic E-state index is 0.252. The molecule has 0 spiro atoms. The van der Waals surface area contributed by atoms with Gasteiger partial charge in [0.05, 0.1) is 13.2 Å². The molecule has 2 nitrogen and oxygen atoms in total. The van der Waals surface area contributed by atoms with Gasteiger partial charge in [0.15, 0.2) is 0 Å². The molecule has 0 fully saturated rings. The van der Waals surface area contributed by atoms with Gasteiger partial charge in [0, 0.05) is 9.75 Å². The number of rotatable bonds is 4. The lowest BCUT2D eigenvalue weighted by Crippen LogP contribution is -2.17. The summed E-state index contributed by atoms with van der Waals surface area (Å²) >= 11 is 1.84. The van der Waals surface area contributed by atoms with Crippen LogP contribution in [0, 0.1) is 20.8 Å². The van der Waals surface area contributed by atoms with E-state index in [-0.39, 0.29) is 6.04 Å². The SMILES string of the molecule is CNC(c1cc(C)c(OC)c(C)c1)c1ccc(C)s1. The lowest BCUT2D eigenvalue weighted by molar-refractivity contribution is 0.408. The van der Waals surface area contributed by atoms with Crippen molar-refractivity contribution in [1.29, 1.82) is 0 Å². The molecule has 0 amide bonds. The number of hydrogen-bond donors (Lipinski definition) is 1. The lowest BCUT2D eigenvalue weighted by atomic mass is 9.99. The van der Waals surface area contributed by atoms with E-state index in [2.05, 4.69) is 50.4 Å². The van der Waals surface area contributed by atoms with Crippen molar-refractivity contribution < 1.29 is 4.74 Å². The first kappa shape index (κ1) is 14.1. The Kier molecular flexibility index (Phi) is 4.27. The van der Waals surface area contributed by atoms with E-state index in [1.165, 1.54) is 26.4 Å². The summed E-state index contributed by atoms with van der Waals surface area (Å²) in [5.74, 6) is 0.987. The topological polar surface area (TPSA) is 21.3 Å². The highest BCUT2D eigenvalue weighted by molar-refractivity contribution is 7.12. The summed E-state index contributed by atoms with van der Waals surface area (Å²) in [7, 11) is 3.74. The molecular weight excluding hydrogens is 254 g/mol. The predicted octanol–water partition coefficient (Wildman–Crippen LogP) is 3.99. The summed E-state index contributed by atoms with van der Waals surface area (Å²) in [5.41, 5.74) is 3.66. The maximum Gasteiger partial charge on any atom is 0.124 e. The fourth-order valence-electron chi connectivity index (χ4n) is 2.55. The fourth-order valence-corrected chi connectivity index (χ4v) is 3.57. The minimum absolute atomic E-state index is 0.252. The molecule has 0 saturated heterocycles. The summed E-state index contributed by atoms with van der Waals surface area (Å²) in [6.45, 7) is 6.34. The fraction of sp³-hybridized carbons (Fsp3) is 0.375. The zero-order valence-electron chi connectivity index (χ0n) is 12.2. The first-order valence-corrected chi connectivity index (χ1v) is 7.27. The Morgan fingerprint density at radius 3 is 2.16 bits per heavy atom. The van der Waals surface area contributed by atoms with Crippen LogP contribution in [0.5, 0.6) is 5.75 Å². The largest absolute Gasteiger partial charge is 0.496 e. The molecule has 1 atom stereocenters. The molecule has 1 N–H and O–H groups in total. The summed E-state index contributed by atoms with van der Waals surface area (Å²) in [4.78, 5) is 2.70. The Morgan fingerprint density at radius 2 is 1.74 bits per heavy atom. The molecule has 2 aromatic rings. The van der Waals surface area contributed by atoms with Gasteiger partial charge in [0.2, 0.25) is 0 Å². The molecule has 1 aromatic carbocycles. The average Bonchev–Trinajstić information content (AvgIpc) is 2.76. The van der Waals surface area contributed by atoms with Gasteiger partial charge < -0.3 is 10.1 Å². The van der Waals surface area contributed by atoms with Crippen LogP contribution in [0.3, 0.4) is 0 Å². The quantitative estimate of drug-likeness (QED) is 0.911. The highest BCUT2D eigenvalue weighted by Crippen LogP contribution is 2.32. The van der Waals surface area contributed by atoms with Crippen LogP contribution >= 0.6 is 11.3 Å². The monoisotopic (exact) mass is 275 g/mol. The normalized spacial score (nSPS) is 12.5. The maximum absolute atomic E-state index is 5.44. The molecular formula is C16H21NOS. The van der Waals surface area contributed by atoms with Crippen LogP contribution in [-0.4, -0.2) is 14.2 Å². The molecule has 0 aliphatic rings. The molecule has 0 saturated carbocycles. The molecule has 3 heteroatoms. The molecule has 0 aliphatic carbocycles. The van der Waals surface area contributed by atoms with E-state index in [1.54, 1.807) is 7.11 Å². The van der Waals surface area contributed by atoms with E-state index in [4.69, 9.17) is 4.74 Å². The van der Waals surface area contributed by atoms with Gasteiger partial charge >= 0.3 is 0 Å². The Labute approximate surface area is 119 Å². The number of hydrogen-bond acceptors (Lipinski definition) is 3.